The summed E-state index contributed by atoms with van der Waals surface area (Å²) in [5.41, 5.74) is 6.77. The van der Waals surface area contributed by atoms with Gasteiger partial charge in [-0.05, 0) is 23.9 Å². The molecule has 2 heterocycles. The molecule has 0 spiro atoms. The van der Waals surface area contributed by atoms with Crippen LogP contribution >= 0.6 is 11.3 Å². The number of aryl methyl sites for hydroxylation is 1. The largest absolute Gasteiger partial charge is 0.329 e. The van der Waals surface area contributed by atoms with Crippen LogP contribution in [-0.4, -0.2) is 42.5 Å². The van der Waals surface area contributed by atoms with Gasteiger partial charge in [0.15, 0.2) is 0 Å². The number of carbonyl (C=O) groups excluding carboxylic acids is 1. The Hall–Kier alpha value is -1.07. The quantitative estimate of drug-likeness (QED) is 0.867. The summed E-state index contributed by atoms with van der Waals surface area (Å²) in [6.07, 6.45) is 0. The number of hydrogen-bond donors (Lipinski definition) is 1. The second-order valence-corrected chi connectivity index (χ2v) is 5.06. The van der Waals surface area contributed by atoms with Crippen molar-refractivity contribution in [1.29, 1.82) is 0 Å². The van der Waals surface area contributed by atoms with Gasteiger partial charge in [0.1, 0.15) is 0 Å². The molecule has 5 heteroatoms. The van der Waals surface area contributed by atoms with Crippen LogP contribution < -0.4 is 5.73 Å². The van der Waals surface area contributed by atoms with Crippen LogP contribution in [0.4, 0.5) is 4.79 Å². The predicted octanol–water partition coefficient (Wildman–Crippen LogP) is 1.42. The third-order valence-electron chi connectivity index (χ3n) is 3.04. The highest BCUT2D eigenvalue weighted by molar-refractivity contribution is 7.10. The molecule has 2 amide bonds. The molecular formula is C11H17N3OS. The van der Waals surface area contributed by atoms with Gasteiger partial charge in [0, 0.05) is 31.6 Å². The van der Waals surface area contributed by atoms with E-state index in [2.05, 4.69) is 18.4 Å². The Balaban J connectivity index is 2.19. The second-order valence-electron chi connectivity index (χ2n) is 4.11. The van der Waals surface area contributed by atoms with Crippen molar-refractivity contribution in [2.45, 2.75) is 13.0 Å². The van der Waals surface area contributed by atoms with Gasteiger partial charge < -0.3 is 15.5 Å². The summed E-state index contributed by atoms with van der Waals surface area (Å²) in [5, 5.41) is 2.08. The van der Waals surface area contributed by atoms with Crippen LogP contribution in [0.1, 0.15) is 16.5 Å². The molecule has 0 radical (unpaired) electrons. The number of amides is 2. The number of likely N-dealkylation sites (N-methyl/N-ethyl adjacent to an activating group) is 1. The topological polar surface area (TPSA) is 49.6 Å². The first-order valence-electron chi connectivity index (χ1n) is 5.41. The second kappa shape index (κ2) is 4.43. The van der Waals surface area contributed by atoms with Gasteiger partial charge in [0.25, 0.3) is 0 Å². The van der Waals surface area contributed by atoms with E-state index in [4.69, 9.17) is 5.73 Å². The van der Waals surface area contributed by atoms with Gasteiger partial charge in [-0.15, -0.1) is 11.3 Å². The fraction of sp³-hybridized carbons (Fsp3) is 0.545. The maximum absolute atomic E-state index is 11.9. The molecule has 1 aromatic rings. The van der Waals surface area contributed by atoms with E-state index in [9.17, 15) is 4.79 Å². The van der Waals surface area contributed by atoms with Gasteiger partial charge in [0.2, 0.25) is 0 Å². The van der Waals surface area contributed by atoms with Crippen molar-refractivity contribution in [3.8, 4) is 0 Å². The minimum Gasteiger partial charge on any atom is -0.329 e. The fourth-order valence-electron chi connectivity index (χ4n) is 2.09. The Kier molecular flexibility index (Phi) is 3.16. The van der Waals surface area contributed by atoms with Crippen LogP contribution in [0.5, 0.6) is 0 Å². The lowest BCUT2D eigenvalue weighted by atomic mass is 10.1. The SMILES string of the molecule is Cc1ccsc1C1CN(CCN)C(=O)N1C. The zero-order valence-corrected chi connectivity index (χ0v) is 10.5. The number of thiophene rings is 1. The lowest BCUT2D eigenvalue weighted by molar-refractivity contribution is 0.196. The van der Waals surface area contributed by atoms with Crippen molar-refractivity contribution < 1.29 is 4.79 Å². The maximum Gasteiger partial charge on any atom is 0.320 e. The minimum absolute atomic E-state index is 0.0863. The zero-order valence-electron chi connectivity index (χ0n) is 9.64. The van der Waals surface area contributed by atoms with E-state index in [1.165, 1.54) is 10.4 Å². The Morgan fingerprint density at radius 3 is 2.94 bits per heavy atom. The van der Waals surface area contributed by atoms with Crippen LogP contribution in [0.15, 0.2) is 11.4 Å². The van der Waals surface area contributed by atoms with Crippen molar-refractivity contribution >= 4 is 17.4 Å². The molecule has 16 heavy (non-hydrogen) atoms. The summed E-state index contributed by atoms with van der Waals surface area (Å²) in [6, 6.07) is 2.38. The molecule has 1 aliphatic rings. The van der Waals surface area contributed by atoms with Crippen molar-refractivity contribution in [1.82, 2.24) is 9.80 Å². The zero-order chi connectivity index (χ0) is 11.7. The lowest BCUT2D eigenvalue weighted by Gasteiger charge is -2.17. The lowest BCUT2D eigenvalue weighted by Crippen LogP contribution is -2.33. The van der Waals surface area contributed by atoms with E-state index >= 15 is 0 Å². The average Bonchev–Trinajstić information content (AvgIpc) is 2.78. The number of rotatable bonds is 3. The minimum atomic E-state index is 0.0863. The molecule has 0 aliphatic carbocycles. The molecule has 88 valence electrons. The van der Waals surface area contributed by atoms with Crippen LogP contribution in [-0.2, 0) is 0 Å². The number of nitrogens with zero attached hydrogens (tertiary/aromatic N) is 2. The summed E-state index contributed by atoms with van der Waals surface area (Å²) >= 11 is 1.72. The molecule has 2 N–H and O–H groups in total. The average molecular weight is 239 g/mol. The molecule has 4 nitrogen and oxygen atoms in total. The third-order valence-corrected chi connectivity index (χ3v) is 4.16. The van der Waals surface area contributed by atoms with Gasteiger partial charge in [-0.2, -0.15) is 0 Å². The third kappa shape index (κ3) is 1.81. The Morgan fingerprint density at radius 2 is 2.38 bits per heavy atom. The number of carbonyl (C=O) groups is 1. The summed E-state index contributed by atoms with van der Waals surface area (Å²) in [7, 11) is 1.86. The molecular weight excluding hydrogens is 222 g/mol. The first-order chi connectivity index (χ1) is 7.65. The van der Waals surface area contributed by atoms with Gasteiger partial charge in [-0.3, -0.25) is 0 Å². The first kappa shape index (κ1) is 11.4. The molecule has 1 aliphatic heterocycles. The van der Waals surface area contributed by atoms with Gasteiger partial charge in [0.05, 0.1) is 6.04 Å². The number of urea groups is 1. The Bertz CT molecular complexity index is 390. The van der Waals surface area contributed by atoms with E-state index < -0.39 is 0 Å². The molecule has 1 aromatic heterocycles. The molecule has 1 saturated heterocycles. The molecule has 0 aromatic carbocycles. The van der Waals surface area contributed by atoms with Crippen LogP contribution in [0, 0.1) is 6.92 Å². The van der Waals surface area contributed by atoms with Crippen molar-refractivity contribution in [3.63, 3.8) is 0 Å². The highest BCUT2D eigenvalue weighted by Crippen LogP contribution is 2.33. The Labute approximate surface area is 99.6 Å². The predicted molar refractivity (Wildman–Crippen MR) is 65.6 cm³/mol. The van der Waals surface area contributed by atoms with Gasteiger partial charge in [-0.1, -0.05) is 0 Å². The van der Waals surface area contributed by atoms with Crippen molar-refractivity contribution in [3.05, 3.63) is 21.9 Å². The molecule has 1 unspecified atom stereocenters. The summed E-state index contributed by atoms with van der Waals surface area (Å²) in [5.74, 6) is 0. The smallest absolute Gasteiger partial charge is 0.320 e. The van der Waals surface area contributed by atoms with E-state index in [-0.39, 0.29) is 12.1 Å². The van der Waals surface area contributed by atoms with Crippen molar-refractivity contribution in [2.24, 2.45) is 5.73 Å². The van der Waals surface area contributed by atoms with Gasteiger partial charge >= 0.3 is 6.03 Å². The van der Waals surface area contributed by atoms with Crippen molar-refractivity contribution in [2.75, 3.05) is 26.7 Å². The fourth-order valence-corrected chi connectivity index (χ4v) is 3.16. The monoisotopic (exact) mass is 239 g/mol. The standard InChI is InChI=1S/C11H17N3OS/c1-8-3-6-16-10(8)9-7-14(5-4-12)11(15)13(9)2/h3,6,9H,4-5,7,12H2,1-2H3. The molecule has 0 saturated carbocycles. The highest BCUT2D eigenvalue weighted by atomic mass is 32.1. The highest BCUT2D eigenvalue weighted by Gasteiger charge is 2.36. The molecule has 1 atom stereocenters. The van der Waals surface area contributed by atoms with E-state index in [0.29, 0.717) is 13.1 Å². The van der Waals surface area contributed by atoms with Gasteiger partial charge in [-0.25, -0.2) is 4.79 Å². The summed E-state index contributed by atoms with van der Waals surface area (Å²) in [4.78, 5) is 16.8. The molecule has 0 bridgehead atoms. The normalized spacial score (nSPS) is 20.9. The maximum atomic E-state index is 11.9. The van der Waals surface area contributed by atoms with Crippen LogP contribution in [0.25, 0.3) is 0 Å². The summed E-state index contributed by atoms with van der Waals surface area (Å²) in [6.45, 7) is 4.02. The molecule has 1 fully saturated rings. The molecule has 2 rings (SSSR count). The first-order valence-corrected chi connectivity index (χ1v) is 6.29. The van der Waals surface area contributed by atoms with E-state index in [1.807, 2.05) is 16.8 Å². The van der Waals surface area contributed by atoms with Crippen LogP contribution in [0.3, 0.4) is 0 Å². The Morgan fingerprint density at radius 1 is 1.62 bits per heavy atom. The van der Waals surface area contributed by atoms with Crippen LogP contribution in [0.2, 0.25) is 0 Å². The number of hydrogen-bond acceptors (Lipinski definition) is 3. The number of nitrogens with two attached hydrogens (primary N) is 1. The van der Waals surface area contributed by atoms with E-state index in [0.717, 1.165) is 6.54 Å². The van der Waals surface area contributed by atoms with E-state index in [1.54, 1.807) is 11.3 Å². The summed E-state index contributed by atoms with van der Waals surface area (Å²) < 4.78 is 0.